The summed E-state index contributed by atoms with van der Waals surface area (Å²) in [5, 5.41) is 11.6. The van der Waals surface area contributed by atoms with E-state index in [9.17, 15) is 9.59 Å². The second-order valence-electron chi connectivity index (χ2n) is 5.47. The van der Waals surface area contributed by atoms with Gasteiger partial charge in [-0.25, -0.2) is 9.78 Å². The Bertz CT molecular complexity index is 633. The van der Waals surface area contributed by atoms with E-state index in [4.69, 9.17) is 5.11 Å². The second-order valence-corrected chi connectivity index (χ2v) is 5.47. The van der Waals surface area contributed by atoms with Crippen LogP contribution in [-0.2, 0) is 11.3 Å². The molecule has 2 N–H and O–H groups in total. The maximum Gasteiger partial charge on any atom is 0.326 e. The summed E-state index contributed by atoms with van der Waals surface area (Å²) >= 11 is 0. The van der Waals surface area contributed by atoms with Crippen LogP contribution in [0.25, 0.3) is 0 Å². The number of carbonyl (C=O) groups is 2. The molecule has 6 heteroatoms. The topological polar surface area (TPSA) is 84.2 Å². The van der Waals surface area contributed by atoms with Crippen LogP contribution >= 0.6 is 0 Å². The van der Waals surface area contributed by atoms with Crippen LogP contribution in [0.15, 0.2) is 43.0 Å². The molecule has 1 atom stereocenters. The predicted molar refractivity (Wildman–Crippen MR) is 81.5 cm³/mol. The number of carbonyl (C=O) groups excluding carboxylic acids is 1. The highest BCUT2D eigenvalue weighted by molar-refractivity contribution is 5.96. The minimum Gasteiger partial charge on any atom is -0.480 e. The molecule has 2 aromatic rings. The van der Waals surface area contributed by atoms with Crippen LogP contribution in [0.5, 0.6) is 0 Å². The molecule has 0 saturated carbocycles. The molecule has 1 amide bonds. The highest BCUT2D eigenvalue weighted by Gasteiger charge is 2.23. The summed E-state index contributed by atoms with van der Waals surface area (Å²) < 4.78 is 1.92. The number of benzene rings is 1. The van der Waals surface area contributed by atoms with Crippen molar-refractivity contribution in [3.63, 3.8) is 0 Å². The number of aliphatic carboxylic acids is 1. The lowest BCUT2D eigenvalue weighted by Gasteiger charge is -2.18. The van der Waals surface area contributed by atoms with Gasteiger partial charge in [0.2, 0.25) is 0 Å². The first-order valence-corrected chi connectivity index (χ1v) is 7.05. The number of carboxylic acids is 1. The van der Waals surface area contributed by atoms with E-state index < -0.39 is 12.0 Å². The summed E-state index contributed by atoms with van der Waals surface area (Å²) in [7, 11) is 0. The monoisotopic (exact) mass is 301 g/mol. The number of aromatic nitrogens is 2. The lowest BCUT2D eigenvalue weighted by Crippen LogP contribution is -2.44. The highest BCUT2D eigenvalue weighted by atomic mass is 16.4. The van der Waals surface area contributed by atoms with Crippen molar-refractivity contribution in [2.24, 2.45) is 5.92 Å². The summed E-state index contributed by atoms with van der Waals surface area (Å²) in [5.41, 5.74) is 1.48. The van der Waals surface area contributed by atoms with Gasteiger partial charge in [-0.3, -0.25) is 4.79 Å². The van der Waals surface area contributed by atoms with Crippen LogP contribution in [0.4, 0.5) is 0 Å². The van der Waals surface area contributed by atoms with Crippen LogP contribution < -0.4 is 5.32 Å². The highest BCUT2D eigenvalue weighted by Crippen LogP contribution is 2.08. The smallest absolute Gasteiger partial charge is 0.326 e. The minimum absolute atomic E-state index is 0.179. The van der Waals surface area contributed by atoms with E-state index in [0.717, 1.165) is 5.56 Å². The Morgan fingerprint density at radius 2 is 1.95 bits per heavy atom. The number of carboxylic acid groups (broad SMARTS) is 1. The maximum atomic E-state index is 12.1. The first-order chi connectivity index (χ1) is 10.5. The maximum absolute atomic E-state index is 12.1. The fraction of sp³-hybridized carbons (Fsp3) is 0.312. The van der Waals surface area contributed by atoms with Crippen molar-refractivity contribution in [2.45, 2.75) is 26.4 Å². The third-order valence-electron chi connectivity index (χ3n) is 3.36. The van der Waals surface area contributed by atoms with Gasteiger partial charge in [0.15, 0.2) is 0 Å². The molecular formula is C16H19N3O3. The molecule has 0 aliphatic heterocycles. The molecule has 0 aliphatic carbocycles. The van der Waals surface area contributed by atoms with E-state index in [1.54, 1.807) is 38.5 Å². The van der Waals surface area contributed by atoms with Crippen molar-refractivity contribution >= 4 is 11.9 Å². The van der Waals surface area contributed by atoms with E-state index in [1.807, 2.05) is 22.9 Å². The van der Waals surface area contributed by atoms with E-state index in [1.165, 1.54) is 0 Å². The molecule has 6 nitrogen and oxygen atoms in total. The molecule has 0 unspecified atom stereocenters. The summed E-state index contributed by atoms with van der Waals surface area (Å²) in [6.45, 7) is 4.19. The number of nitrogens with zero attached hydrogens (tertiary/aromatic N) is 2. The summed E-state index contributed by atoms with van der Waals surface area (Å²) in [4.78, 5) is 27.2. The molecule has 0 bridgehead atoms. The van der Waals surface area contributed by atoms with Gasteiger partial charge in [0.25, 0.3) is 5.91 Å². The number of hydrogen-bond acceptors (Lipinski definition) is 3. The number of hydrogen-bond donors (Lipinski definition) is 2. The predicted octanol–water partition coefficient (Wildman–Crippen LogP) is 1.77. The Morgan fingerprint density at radius 3 is 2.45 bits per heavy atom. The summed E-state index contributed by atoms with van der Waals surface area (Å²) in [6.07, 6.45) is 5.29. The molecule has 1 heterocycles. The molecule has 0 saturated heterocycles. The van der Waals surface area contributed by atoms with E-state index in [2.05, 4.69) is 10.3 Å². The summed E-state index contributed by atoms with van der Waals surface area (Å²) in [6, 6.07) is 6.19. The van der Waals surface area contributed by atoms with Crippen molar-refractivity contribution in [1.29, 1.82) is 0 Å². The van der Waals surface area contributed by atoms with Crippen molar-refractivity contribution in [2.75, 3.05) is 0 Å². The largest absolute Gasteiger partial charge is 0.480 e. The number of rotatable bonds is 6. The van der Waals surface area contributed by atoms with Gasteiger partial charge in [-0.15, -0.1) is 0 Å². The molecule has 2 rings (SSSR count). The third-order valence-corrected chi connectivity index (χ3v) is 3.36. The van der Waals surface area contributed by atoms with Gasteiger partial charge < -0.3 is 15.0 Å². The molecule has 0 aliphatic rings. The third kappa shape index (κ3) is 3.94. The normalized spacial score (nSPS) is 12.1. The number of imidazole rings is 1. The van der Waals surface area contributed by atoms with Crippen LogP contribution in [0, 0.1) is 5.92 Å². The van der Waals surface area contributed by atoms with Gasteiger partial charge >= 0.3 is 5.97 Å². The Balaban J connectivity index is 2.03. The SMILES string of the molecule is CC(C)[C@@H](NC(=O)c1ccc(Cn2ccnc2)cc1)C(=O)O. The lowest BCUT2D eigenvalue weighted by molar-refractivity contribution is -0.140. The minimum atomic E-state index is -1.03. The zero-order valence-electron chi connectivity index (χ0n) is 12.6. The van der Waals surface area contributed by atoms with Crippen LogP contribution in [0.1, 0.15) is 29.8 Å². The first kappa shape index (κ1) is 15.8. The number of nitrogens with one attached hydrogen (secondary N) is 1. The van der Waals surface area contributed by atoms with Crippen molar-refractivity contribution in [1.82, 2.24) is 14.9 Å². The molecular weight excluding hydrogens is 282 g/mol. The van der Waals surface area contributed by atoms with Gasteiger partial charge in [0, 0.05) is 24.5 Å². The second kappa shape index (κ2) is 6.89. The van der Waals surface area contributed by atoms with Gasteiger partial charge in [0.1, 0.15) is 6.04 Å². The van der Waals surface area contributed by atoms with Gasteiger partial charge in [-0.2, -0.15) is 0 Å². The zero-order chi connectivity index (χ0) is 16.1. The lowest BCUT2D eigenvalue weighted by atomic mass is 10.0. The molecule has 1 aromatic heterocycles. The van der Waals surface area contributed by atoms with Crippen LogP contribution in [-0.4, -0.2) is 32.6 Å². The number of amides is 1. The van der Waals surface area contributed by atoms with Gasteiger partial charge in [-0.05, 0) is 23.6 Å². The molecule has 0 radical (unpaired) electrons. The average molecular weight is 301 g/mol. The van der Waals surface area contributed by atoms with Crippen molar-refractivity contribution in [3.05, 3.63) is 54.1 Å². The average Bonchev–Trinajstić information content (AvgIpc) is 2.97. The fourth-order valence-electron chi connectivity index (χ4n) is 2.09. The standard InChI is InChI=1S/C16H19N3O3/c1-11(2)14(16(21)22)18-15(20)13-5-3-12(4-6-13)9-19-8-7-17-10-19/h3-8,10-11,14H,9H2,1-2H3,(H,18,20)(H,21,22)/t14-/m1/s1. The molecule has 1 aromatic carbocycles. The summed E-state index contributed by atoms with van der Waals surface area (Å²) in [5.74, 6) is -1.59. The van der Waals surface area contributed by atoms with Gasteiger partial charge in [0.05, 0.1) is 6.33 Å². The Morgan fingerprint density at radius 1 is 1.27 bits per heavy atom. The van der Waals surface area contributed by atoms with E-state index in [-0.39, 0.29) is 11.8 Å². The van der Waals surface area contributed by atoms with Crippen molar-refractivity contribution in [3.8, 4) is 0 Å². The zero-order valence-corrected chi connectivity index (χ0v) is 12.6. The molecule has 0 fully saturated rings. The van der Waals surface area contributed by atoms with Crippen LogP contribution in [0.2, 0.25) is 0 Å². The fourth-order valence-corrected chi connectivity index (χ4v) is 2.09. The van der Waals surface area contributed by atoms with E-state index in [0.29, 0.717) is 12.1 Å². The molecule has 22 heavy (non-hydrogen) atoms. The first-order valence-electron chi connectivity index (χ1n) is 7.05. The molecule has 0 spiro atoms. The van der Waals surface area contributed by atoms with Gasteiger partial charge in [-0.1, -0.05) is 26.0 Å². The Hall–Kier alpha value is -2.63. The van der Waals surface area contributed by atoms with Crippen LogP contribution in [0.3, 0.4) is 0 Å². The van der Waals surface area contributed by atoms with E-state index >= 15 is 0 Å². The van der Waals surface area contributed by atoms with Crippen molar-refractivity contribution < 1.29 is 14.7 Å². The molecule has 116 valence electrons. The Labute approximate surface area is 128 Å². The Kier molecular flexibility index (Phi) is 4.93. The quantitative estimate of drug-likeness (QED) is 0.851.